The number of carbonyl (C=O) groups excluding carboxylic acids is 2. The van der Waals surface area contributed by atoms with Gasteiger partial charge in [0.05, 0.1) is 12.2 Å². The molecule has 0 saturated carbocycles. The third-order valence-electron chi connectivity index (χ3n) is 2.17. The van der Waals surface area contributed by atoms with Crippen LogP contribution in [0.25, 0.3) is 0 Å². The summed E-state index contributed by atoms with van der Waals surface area (Å²) < 4.78 is 10.1. The molecular formula is C13H16ClNO4. The monoisotopic (exact) mass is 285 g/mol. The van der Waals surface area contributed by atoms with Crippen LogP contribution >= 0.6 is 11.6 Å². The molecule has 0 aromatic heterocycles. The molecule has 0 unspecified atom stereocenters. The molecule has 0 aliphatic rings. The number of hydrogen-bond donors (Lipinski definition) is 1. The molecule has 0 bridgehead atoms. The molecule has 6 heteroatoms. The summed E-state index contributed by atoms with van der Waals surface area (Å²) in [6.45, 7) is 3.01. The molecule has 0 atom stereocenters. The molecule has 0 aliphatic carbocycles. The highest BCUT2D eigenvalue weighted by Gasteiger charge is 2.08. The van der Waals surface area contributed by atoms with Crippen molar-refractivity contribution in [1.29, 1.82) is 0 Å². The fourth-order valence-electron chi connectivity index (χ4n) is 1.34. The lowest BCUT2D eigenvalue weighted by atomic mass is 10.2. The van der Waals surface area contributed by atoms with E-state index in [2.05, 4.69) is 5.32 Å². The Labute approximate surface area is 116 Å². The van der Waals surface area contributed by atoms with Crippen LogP contribution in [-0.2, 0) is 14.3 Å². The minimum Gasteiger partial charge on any atom is -0.460 e. The van der Waals surface area contributed by atoms with Crippen molar-refractivity contribution in [3.63, 3.8) is 0 Å². The van der Waals surface area contributed by atoms with E-state index < -0.39 is 5.97 Å². The Morgan fingerprint density at radius 2 is 2.11 bits per heavy atom. The summed E-state index contributed by atoms with van der Waals surface area (Å²) >= 11 is 5.38. The topological polar surface area (TPSA) is 64.6 Å². The highest BCUT2D eigenvalue weighted by Crippen LogP contribution is 2.11. The smallest absolute Gasteiger partial charge is 0.338 e. The quantitative estimate of drug-likeness (QED) is 0.473. The van der Waals surface area contributed by atoms with Gasteiger partial charge in [-0.1, -0.05) is 6.07 Å². The predicted octanol–water partition coefficient (Wildman–Crippen LogP) is 2.06. The van der Waals surface area contributed by atoms with Crippen LogP contribution in [0.4, 0.5) is 5.69 Å². The van der Waals surface area contributed by atoms with Crippen molar-refractivity contribution in [3.8, 4) is 0 Å². The van der Waals surface area contributed by atoms with Gasteiger partial charge >= 0.3 is 5.97 Å². The molecule has 1 aromatic rings. The van der Waals surface area contributed by atoms with E-state index in [1.807, 2.05) is 6.92 Å². The Kier molecular flexibility index (Phi) is 6.92. The molecule has 5 nitrogen and oxygen atoms in total. The molecule has 0 fully saturated rings. The number of nitrogens with one attached hydrogen (secondary N) is 1. The molecule has 1 aromatic carbocycles. The second kappa shape index (κ2) is 8.50. The molecule has 19 heavy (non-hydrogen) atoms. The van der Waals surface area contributed by atoms with Gasteiger partial charge in [0.2, 0.25) is 5.91 Å². The third-order valence-corrected chi connectivity index (χ3v) is 2.41. The van der Waals surface area contributed by atoms with Gasteiger partial charge in [-0.15, -0.1) is 11.6 Å². The van der Waals surface area contributed by atoms with Crippen LogP contribution in [0.15, 0.2) is 24.3 Å². The summed E-state index contributed by atoms with van der Waals surface area (Å²) in [6.07, 6.45) is 0. The van der Waals surface area contributed by atoms with Crippen LogP contribution in [-0.4, -0.2) is 37.6 Å². The molecular weight excluding hydrogens is 270 g/mol. The predicted molar refractivity (Wildman–Crippen MR) is 72.6 cm³/mol. The SMILES string of the molecule is CCOCCOC(=O)c1cccc(NC(=O)CCl)c1. The van der Waals surface area contributed by atoms with E-state index in [-0.39, 0.29) is 18.4 Å². The van der Waals surface area contributed by atoms with Gasteiger partial charge in [-0.3, -0.25) is 4.79 Å². The lowest BCUT2D eigenvalue weighted by molar-refractivity contribution is -0.113. The number of rotatable bonds is 7. The number of anilines is 1. The Morgan fingerprint density at radius 3 is 2.79 bits per heavy atom. The summed E-state index contributed by atoms with van der Waals surface area (Å²) in [5.41, 5.74) is 0.869. The Bertz CT molecular complexity index is 436. The molecule has 104 valence electrons. The van der Waals surface area contributed by atoms with E-state index in [1.165, 1.54) is 6.07 Å². The summed E-state index contributed by atoms with van der Waals surface area (Å²) in [5.74, 6) is -0.923. The highest BCUT2D eigenvalue weighted by molar-refractivity contribution is 6.29. The number of ether oxygens (including phenoxy) is 2. The van der Waals surface area contributed by atoms with Crippen molar-refractivity contribution < 1.29 is 19.1 Å². The van der Waals surface area contributed by atoms with E-state index in [9.17, 15) is 9.59 Å². The summed E-state index contributed by atoms with van der Waals surface area (Å²) in [5, 5.41) is 2.56. The van der Waals surface area contributed by atoms with Crippen LogP contribution in [0, 0.1) is 0 Å². The minimum absolute atomic E-state index is 0.136. The lowest BCUT2D eigenvalue weighted by Crippen LogP contribution is -2.14. The second-order valence-electron chi connectivity index (χ2n) is 3.60. The number of carbonyl (C=O) groups is 2. The Morgan fingerprint density at radius 1 is 1.32 bits per heavy atom. The Hall–Kier alpha value is -1.59. The van der Waals surface area contributed by atoms with Gasteiger partial charge in [0.1, 0.15) is 12.5 Å². The van der Waals surface area contributed by atoms with E-state index in [0.717, 1.165) is 0 Å². The van der Waals surface area contributed by atoms with E-state index in [1.54, 1.807) is 18.2 Å². The highest BCUT2D eigenvalue weighted by atomic mass is 35.5. The van der Waals surface area contributed by atoms with Gasteiger partial charge in [-0.25, -0.2) is 4.79 Å². The van der Waals surface area contributed by atoms with E-state index >= 15 is 0 Å². The third kappa shape index (κ3) is 5.72. The van der Waals surface area contributed by atoms with Crippen LogP contribution in [0.1, 0.15) is 17.3 Å². The van der Waals surface area contributed by atoms with Crippen molar-refractivity contribution in [3.05, 3.63) is 29.8 Å². The first-order chi connectivity index (χ1) is 9.17. The van der Waals surface area contributed by atoms with Gasteiger partial charge < -0.3 is 14.8 Å². The number of amides is 1. The zero-order valence-electron chi connectivity index (χ0n) is 10.6. The van der Waals surface area contributed by atoms with Gasteiger partial charge in [-0.2, -0.15) is 0 Å². The average Bonchev–Trinajstić information content (AvgIpc) is 2.43. The van der Waals surface area contributed by atoms with Gasteiger partial charge in [0, 0.05) is 12.3 Å². The summed E-state index contributed by atoms with van der Waals surface area (Å²) in [6, 6.07) is 6.47. The maximum Gasteiger partial charge on any atom is 0.338 e. The van der Waals surface area contributed by atoms with Crippen LogP contribution < -0.4 is 5.32 Å². The van der Waals surface area contributed by atoms with Crippen LogP contribution in [0.2, 0.25) is 0 Å². The van der Waals surface area contributed by atoms with Crippen molar-refractivity contribution in [2.75, 3.05) is 31.0 Å². The number of hydrogen-bond acceptors (Lipinski definition) is 4. The van der Waals surface area contributed by atoms with E-state index in [0.29, 0.717) is 24.5 Å². The molecule has 1 amide bonds. The maximum absolute atomic E-state index is 11.7. The number of esters is 1. The fourth-order valence-corrected chi connectivity index (χ4v) is 1.41. The van der Waals surface area contributed by atoms with Crippen LogP contribution in [0.3, 0.4) is 0 Å². The fraction of sp³-hybridized carbons (Fsp3) is 0.385. The van der Waals surface area contributed by atoms with Crippen LogP contribution in [0.5, 0.6) is 0 Å². The average molecular weight is 286 g/mol. The second-order valence-corrected chi connectivity index (χ2v) is 3.86. The van der Waals surface area contributed by atoms with Crippen molar-refractivity contribution >= 4 is 29.2 Å². The number of halogens is 1. The van der Waals surface area contributed by atoms with Gasteiger partial charge in [0.25, 0.3) is 0 Å². The zero-order chi connectivity index (χ0) is 14.1. The molecule has 0 radical (unpaired) electrons. The maximum atomic E-state index is 11.7. The van der Waals surface area contributed by atoms with Gasteiger partial charge in [-0.05, 0) is 25.1 Å². The largest absolute Gasteiger partial charge is 0.460 e. The standard InChI is InChI=1S/C13H16ClNO4/c1-2-18-6-7-19-13(17)10-4-3-5-11(8-10)15-12(16)9-14/h3-5,8H,2,6-7,9H2,1H3,(H,15,16). The minimum atomic E-state index is -0.457. The molecule has 0 aliphatic heterocycles. The first-order valence-electron chi connectivity index (χ1n) is 5.88. The molecule has 0 heterocycles. The van der Waals surface area contributed by atoms with E-state index in [4.69, 9.17) is 21.1 Å². The first kappa shape index (κ1) is 15.5. The molecule has 1 N–H and O–H groups in total. The summed E-state index contributed by atoms with van der Waals surface area (Å²) in [7, 11) is 0. The van der Waals surface area contributed by atoms with Gasteiger partial charge in [0.15, 0.2) is 0 Å². The first-order valence-corrected chi connectivity index (χ1v) is 6.41. The number of alkyl halides is 1. The van der Waals surface area contributed by atoms with Crippen molar-refractivity contribution in [1.82, 2.24) is 0 Å². The zero-order valence-corrected chi connectivity index (χ0v) is 11.4. The normalized spacial score (nSPS) is 10.0. The summed E-state index contributed by atoms with van der Waals surface area (Å²) in [4.78, 5) is 22.8. The molecule has 0 saturated heterocycles. The lowest BCUT2D eigenvalue weighted by Gasteiger charge is -2.07. The van der Waals surface area contributed by atoms with Crippen molar-refractivity contribution in [2.45, 2.75) is 6.92 Å². The molecule has 1 rings (SSSR count). The molecule has 0 spiro atoms. The Balaban J connectivity index is 2.55. The van der Waals surface area contributed by atoms with Crippen molar-refractivity contribution in [2.24, 2.45) is 0 Å². The number of benzene rings is 1.